The molecule has 2 aromatic heterocycles. The van der Waals surface area contributed by atoms with E-state index >= 15 is 0 Å². The number of amides is 2. The van der Waals surface area contributed by atoms with Crippen LogP contribution >= 0.6 is 0 Å². The second kappa shape index (κ2) is 8.86. The summed E-state index contributed by atoms with van der Waals surface area (Å²) in [4.78, 5) is 44.5. The van der Waals surface area contributed by atoms with Gasteiger partial charge in [0.2, 0.25) is 5.78 Å². The number of anilines is 2. The molecule has 4 aromatic rings. The largest absolute Gasteiger partial charge is 0.382 e. The minimum absolute atomic E-state index is 0.0389. The van der Waals surface area contributed by atoms with Gasteiger partial charge >= 0.3 is 0 Å². The molecular formula is C30H24N4O4+2. The summed E-state index contributed by atoms with van der Waals surface area (Å²) < 4.78 is 3.61. The topological polar surface area (TPSA) is 85.7 Å². The van der Waals surface area contributed by atoms with Crippen LogP contribution in [0.5, 0.6) is 0 Å². The number of rotatable bonds is 2. The van der Waals surface area contributed by atoms with Gasteiger partial charge in [-0.05, 0) is 18.2 Å². The van der Waals surface area contributed by atoms with Crippen LogP contribution in [0.2, 0.25) is 0 Å². The lowest BCUT2D eigenvalue weighted by Crippen LogP contribution is -2.37. The molecule has 1 unspecified atom stereocenters. The predicted molar refractivity (Wildman–Crippen MR) is 138 cm³/mol. The summed E-state index contributed by atoms with van der Waals surface area (Å²) in [6.07, 6.45) is 5.69. The number of hydrogen-bond donors (Lipinski definition) is 1. The molecule has 2 amide bonds. The summed E-state index contributed by atoms with van der Waals surface area (Å²) in [5.74, 6) is -1.29. The molecule has 2 aliphatic rings. The molecule has 0 bridgehead atoms. The van der Waals surface area contributed by atoms with Crippen LogP contribution in [-0.4, -0.2) is 22.7 Å². The molecule has 38 heavy (non-hydrogen) atoms. The molecule has 0 aliphatic carbocycles. The van der Waals surface area contributed by atoms with Crippen LogP contribution < -0.4 is 18.9 Å². The van der Waals surface area contributed by atoms with E-state index in [0.717, 1.165) is 0 Å². The highest BCUT2D eigenvalue weighted by atomic mass is 16.3. The number of benzene rings is 2. The molecule has 1 N–H and O–H groups in total. The molecule has 8 nitrogen and oxygen atoms in total. The Morgan fingerprint density at radius 1 is 0.711 bits per heavy atom. The third-order valence-electron chi connectivity index (χ3n) is 6.90. The van der Waals surface area contributed by atoms with Gasteiger partial charge in [-0.3, -0.25) is 24.2 Å². The molecule has 0 spiro atoms. The van der Waals surface area contributed by atoms with Crippen LogP contribution in [0, 0.1) is 0 Å². The fourth-order valence-corrected chi connectivity index (χ4v) is 4.97. The molecule has 0 fully saturated rings. The summed E-state index contributed by atoms with van der Waals surface area (Å²) >= 11 is 0. The number of allylic oxidation sites excluding steroid dienone is 1. The molecule has 4 heterocycles. The summed E-state index contributed by atoms with van der Waals surface area (Å²) in [5, 5.41) is 11.6. The zero-order chi connectivity index (χ0) is 26.6. The Kier molecular flexibility index (Phi) is 5.47. The van der Waals surface area contributed by atoms with Crippen LogP contribution in [-0.2, 0) is 14.1 Å². The van der Waals surface area contributed by atoms with Crippen molar-refractivity contribution < 1.29 is 28.6 Å². The van der Waals surface area contributed by atoms with Gasteiger partial charge in [0.15, 0.2) is 24.8 Å². The van der Waals surface area contributed by atoms with E-state index in [0.29, 0.717) is 33.6 Å². The van der Waals surface area contributed by atoms with E-state index in [2.05, 4.69) is 0 Å². The quantitative estimate of drug-likeness (QED) is 0.336. The second-order valence-corrected chi connectivity index (χ2v) is 9.33. The smallest absolute Gasteiger partial charge is 0.263 e. The van der Waals surface area contributed by atoms with Crippen molar-refractivity contribution in [2.24, 2.45) is 14.1 Å². The maximum Gasteiger partial charge on any atom is 0.263 e. The molecular weight excluding hydrogens is 480 g/mol. The van der Waals surface area contributed by atoms with Crippen molar-refractivity contribution in [2.45, 2.75) is 6.10 Å². The highest BCUT2D eigenvalue weighted by molar-refractivity contribution is 6.29. The minimum atomic E-state index is -1.30. The highest BCUT2D eigenvalue weighted by Gasteiger charge is 2.46. The van der Waals surface area contributed by atoms with Crippen LogP contribution in [0.25, 0.3) is 0 Å². The molecule has 0 saturated carbocycles. The molecule has 8 heteroatoms. The first-order chi connectivity index (χ1) is 18.4. The Bertz CT molecular complexity index is 1660. The number of para-hydroxylation sites is 2. The highest BCUT2D eigenvalue weighted by Crippen LogP contribution is 2.48. The number of aliphatic hydroxyl groups is 1. The minimum Gasteiger partial charge on any atom is -0.382 e. The monoisotopic (exact) mass is 504 g/mol. The van der Waals surface area contributed by atoms with Crippen molar-refractivity contribution in [1.29, 1.82) is 0 Å². The van der Waals surface area contributed by atoms with Gasteiger partial charge < -0.3 is 5.11 Å². The second-order valence-electron chi connectivity index (χ2n) is 9.33. The lowest BCUT2D eigenvalue weighted by Gasteiger charge is -2.26. The van der Waals surface area contributed by atoms with Crippen molar-refractivity contribution in [2.75, 3.05) is 9.80 Å². The van der Waals surface area contributed by atoms with Crippen LogP contribution in [0.4, 0.5) is 11.4 Å². The van der Waals surface area contributed by atoms with E-state index in [-0.39, 0.29) is 11.4 Å². The number of carbonyl (C=O) groups excluding carboxylic acids is 3. The van der Waals surface area contributed by atoms with Gasteiger partial charge in [0.1, 0.15) is 25.9 Å². The van der Waals surface area contributed by atoms with Crippen molar-refractivity contribution >= 4 is 29.0 Å². The fourth-order valence-electron chi connectivity index (χ4n) is 4.97. The Hall–Kier alpha value is -4.95. The lowest BCUT2D eigenvalue weighted by atomic mass is 10.1. The van der Waals surface area contributed by atoms with Crippen molar-refractivity contribution in [3.8, 4) is 0 Å². The number of aromatic nitrogens is 2. The summed E-state index contributed by atoms with van der Waals surface area (Å²) in [7, 11) is 3.69. The zero-order valence-corrected chi connectivity index (χ0v) is 20.8. The van der Waals surface area contributed by atoms with Crippen molar-refractivity contribution in [3.63, 3.8) is 0 Å². The summed E-state index contributed by atoms with van der Waals surface area (Å²) in [6, 6.07) is 20.5. The average Bonchev–Trinajstić information content (AvgIpc) is 3.39. The SMILES string of the molecule is C[n+]1ccc(C(=O)N2/C(=C3\C(O)c4ccccc4N3C(=O)c3cc[n+](C)cc3)C(=O)c3ccccc32)cc1. The van der Waals surface area contributed by atoms with E-state index in [1.165, 1.54) is 9.80 Å². The molecule has 0 saturated heterocycles. The van der Waals surface area contributed by atoms with E-state index in [4.69, 9.17) is 0 Å². The number of aliphatic hydroxyl groups excluding tert-OH is 1. The van der Waals surface area contributed by atoms with E-state index in [9.17, 15) is 19.5 Å². The Labute approximate surface area is 218 Å². The molecule has 6 rings (SSSR count). The lowest BCUT2D eigenvalue weighted by molar-refractivity contribution is -0.671. The number of ketones is 1. The van der Waals surface area contributed by atoms with E-state index in [1.807, 2.05) is 14.1 Å². The van der Waals surface area contributed by atoms with Crippen molar-refractivity contribution in [3.05, 3.63) is 131 Å². The van der Waals surface area contributed by atoms with Gasteiger partial charge in [-0.25, -0.2) is 9.13 Å². The number of nitrogens with zero attached hydrogens (tertiary/aromatic N) is 4. The molecule has 2 aromatic carbocycles. The third kappa shape index (κ3) is 3.54. The van der Waals surface area contributed by atoms with Crippen LogP contribution in [0.15, 0.2) is 109 Å². The standard InChI is InChI=1S/C30H24N4O4/c1-31-15-11-19(12-16-31)29(37)33-23-9-5-3-7-21(23)27(35)25(33)26-28(36)22-8-4-6-10-24(22)34(26)30(38)20-13-17-32(2)18-14-20/h3-18,27,35H,1-2H3/q+2/b26-25+. The van der Waals surface area contributed by atoms with Gasteiger partial charge in [-0.1, -0.05) is 30.3 Å². The average molecular weight is 505 g/mol. The van der Waals surface area contributed by atoms with Crippen molar-refractivity contribution in [1.82, 2.24) is 0 Å². The van der Waals surface area contributed by atoms with Gasteiger partial charge in [0, 0.05) is 35.4 Å². The maximum absolute atomic E-state index is 14.0. The normalized spacial score (nSPS) is 18.0. The molecule has 1 atom stereocenters. The number of pyridine rings is 2. The first-order valence-corrected chi connectivity index (χ1v) is 12.1. The molecule has 0 radical (unpaired) electrons. The molecule has 2 aliphatic heterocycles. The first-order valence-electron chi connectivity index (χ1n) is 12.1. The fraction of sp³-hybridized carbons (Fsp3) is 0.100. The summed E-state index contributed by atoms with van der Waals surface area (Å²) in [6.45, 7) is 0. The predicted octanol–water partition coefficient (Wildman–Crippen LogP) is 2.78. The van der Waals surface area contributed by atoms with Crippen LogP contribution in [0.1, 0.15) is 42.7 Å². The first kappa shape index (κ1) is 23.4. The van der Waals surface area contributed by atoms with Gasteiger partial charge in [-0.2, -0.15) is 0 Å². The number of fused-ring (bicyclic) bond motifs is 2. The van der Waals surface area contributed by atoms with E-state index < -0.39 is 23.7 Å². The third-order valence-corrected chi connectivity index (χ3v) is 6.90. The number of aryl methyl sites for hydroxylation is 2. The Morgan fingerprint density at radius 3 is 1.82 bits per heavy atom. The Balaban J connectivity index is 1.60. The molecule has 186 valence electrons. The zero-order valence-electron chi connectivity index (χ0n) is 20.8. The number of carbonyl (C=O) groups is 3. The van der Waals surface area contributed by atoms with Gasteiger partial charge in [0.25, 0.3) is 11.8 Å². The van der Waals surface area contributed by atoms with Crippen LogP contribution in [0.3, 0.4) is 0 Å². The Morgan fingerprint density at radius 2 is 1.21 bits per heavy atom. The number of Topliss-reactive ketones (excluding diaryl/α,β-unsaturated/α-hetero) is 1. The van der Waals surface area contributed by atoms with Gasteiger partial charge in [-0.15, -0.1) is 0 Å². The number of hydrogen-bond acceptors (Lipinski definition) is 4. The summed E-state index contributed by atoms with van der Waals surface area (Å²) in [5.41, 5.74) is 2.43. The van der Waals surface area contributed by atoms with Gasteiger partial charge in [0.05, 0.1) is 28.2 Å². The maximum atomic E-state index is 14.0. The van der Waals surface area contributed by atoms with E-state index in [1.54, 1.807) is 107 Å².